The normalized spacial score (nSPS) is 25.0. The van der Waals surface area contributed by atoms with Crippen molar-refractivity contribution >= 4 is 11.8 Å². The quantitative estimate of drug-likeness (QED) is 0.631. The van der Waals surface area contributed by atoms with Gasteiger partial charge in [0.05, 0.1) is 24.4 Å². The van der Waals surface area contributed by atoms with Crippen LogP contribution < -0.4 is 14.8 Å². The molecular formula is C28H32F3N3O5. The first-order valence-electron chi connectivity index (χ1n) is 13.3. The number of nitrogens with one attached hydrogen (secondary N) is 1. The highest BCUT2D eigenvalue weighted by Crippen LogP contribution is 2.27. The van der Waals surface area contributed by atoms with Gasteiger partial charge in [-0.2, -0.15) is 0 Å². The molecule has 39 heavy (non-hydrogen) atoms. The maximum Gasteiger partial charge on any atom is 0.573 e. The standard InChI is InChI=1S/C28H32F3N3O5/c29-28(30,31)39-21-10-8-19(9-11-21)17-33-13-14-34-24(18-33)26(35)32-16-22-5-3-4-20(38-22)12-15-37-25-7-2-1-6-23(25)27(34)36/h1-2,6-11,20,22,24H,3-5,12-18H2,(H,32,35)/t20-,22-,24-/m0/s1. The predicted molar refractivity (Wildman–Crippen MR) is 135 cm³/mol. The van der Waals surface area contributed by atoms with Crippen LogP contribution in [0, 0.1) is 0 Å². The van der Waals surface area contributed by atoms with E-state index in [0.717, 1.165) is 24.8 Å². The van der Waals surface area contributed by atoms with E-state index in [0.29, 0.717) is 50.5 Å². The predicted octanol–water partition coefficient (Wildman–Crippen LogP) is 3.75. The van der Waals surface area contributed by atoms with Gasteiger partial charge in [-0.1, -0.05) is 24.3 Å². The van der Waals surface area contributed by atoms with Crippen molar-refractivity contribution in [1.82, 2.24) is 15.1 Å². The van der Waals surface area contributed by atoms with Crippen LogP contribution in [0.5, 0.6) is 11.5 Å². The van der Waals surface area contributed by atoms with Gasteiger partial charge < -0.3 is 24.4 Å². The minimum atomic E-state index is -4.75. The van der Waals surface area contributed by atoms with Crippen LogP contribution in [0.3, 0.4) is 0 Å². The largest absolute Gasteiger partial charge is 0.573 e. The number of carbonyl (C=O) groups is 2. The van der Waals surface area contributed by atoms with Crippen LogP contribution in [0.15, 0.2) is 48.5 Å². The molecular weight excluding hydrogens is 515 g/mol. The van der Waals surface area contributed by atoms with Crippen molar-refractivity contribution in [3.63, 3.8) is 0 Å². The summed E-state index contributed by atoms with van der Waals surface area (Å²) in [7, 11) is 0. The highest BCUT2D eigenvalue weighted by atomic mass is 19.4. The van der Waals surface area contributed by atoms with Crippen LogP contribution >= 0.6 is 0 Å². The molecule has 3 aliphatic rings. The fraction of sp³-hybridized carbons (Fsp3) is 0.500. The van der Waals surface area contributed by atoms with Gasteiger partial charge in [-0.3, -0.25) is 14.5 Å². The number of carbonyl (C=O) groups excluding carboxylic acids is 2. The van der Waals surface area contributed by atoms with Crippen LogP contribution in [-0.4, -0.2) is 79.0 Å². The number of para-hydroxylation sites is 1. The number of alkyl halides is 3. The number of amides is 2. The number of hydrogen-bond acceptors (Lipinski definition) is 6. The van der Waals surface area contributed by atoms with Crippen molar-refractivity contribution in [2.24, 2.45) is 0 Å². The molecule has 0 spiro atoms. The molecule has 3 aliphatic heterocycles. The summed E-state index contributed by atoms with van der Waals surface area (Å²) in [4.78, 5) is 30.8. The lowest BCUT2D eigenvalue weighted by atomic mass is 10.0. The Hall–Kier alpha value is -3.31. The zero-order valence-corrected chi connectivity index (χ0v) is 21.5. The molecule has 2 bridgehead atoms. The zero-order chi connectivity index (χ0) is 27.4. The summed E-state index contributed by atoms with van der Waals surface area (Å²) in [6.07, 6.45) is -1.30. The summed E-state index contributed by atoms with van der Waals surface area (Å²) in [6.45, 7) is 2.28. The number of hydrogen-bond donors (Lipinski definition) is 1. The molecule has 8 nitrogen and oxygen atoms in total. The van der Waals surface area contributed by atoms with E-state index in [2.05, 4.69) is 10.1 Å². The molecule has 5 rings (SSSR count). The summed E-state index contributed by atoms with van der Waals surface area (Å²) < 4.78 is 53.7. The van der Waals surface area contributed by atoms with Crippen molar-refractivity contribution in [3.05, 3.63) is 59.7 Å². The molecule has 0 aromatic heterocycles. The highest BCUT2D eigenvalue weighted by Gasteiger charge is 2.37. The van der Waals surface area contributed by atoms with Crippen molar-refractivity contribution < 1.29 is 37.0 Å². The third kappa shape index (κ3) is 7.02. The molecule has 2 aromatic rings. The van der Waals surface area contributed by atoms with E-state index in [1.54, 1.807) is 35.2 Å². The second-order valence-corrected chi connectivity index (χ2v) is 10.1. The van der Waals surface area contributed by atoms with E-state index >= 15 is 0 Å². The lowest BCUT2D eigenvalue weighted by molar-refractivity contribution is -0.274. The Balaban J connectivity index is 1.34. The van der Waals surface area contributed by atoms with Crippen LogP contribution in [0.25, 0.3) is 0 Å². The number of fused-ring (bicyclic) bond motifs is 4. The molecule has 210 valence electrons. The Bertz CT molecular complexity index is 1160. The second-order valence-electron chi connectivity index (χ2n) is 10.1. The average molecular weight is 548 g/mol. The van der Waals surface area contributed by atoms with E-state index in [1.165, 1.54) is 12.1 Å². The average Bonchev–Trinajstić information content (AvgIpc) is 2.92. The lowest BCUT2D eigenvalue weighted by Gasteiger charge is -2.41. The number of benzene rings is 2. The molecule has 3 atom stereocenters. The third-order valence-corrected chi connectivity index (χ3v) is 7.35. The first kappa shape index (κ1) is 27.3. The van der Waals surface area contributed by atoms with Gasteiger partial charge in [0.15, 0.2) is 0 Å². The highest BCUT2D eigenvalue weighted by molar-refractivity contribution is 6.00. The SMILES string of the molecule is O=C1NC[C@@H]2CCC[C@@H](CCOc3ccccc3C(=O)N3CCN(Cc4ccc(OC(F)(F)F)cc4)C[C@@H]13)O2. The van der Waals surface area contributed by atoms with Crippen molar-refractivity contribution in [1.29, 1.82) is 0 Å². The molecule has 0 saturated carbocycles. The van der Waals surface area contributed by atoms with Crippen molar-refractivity contribution in [2.75, 3.05) is 32.8 Å². The second kappa shape index (κ2) is 11.8. The molecule has 0 aliphatic carbocycles. The summed E-state index contributed by atoms with van der Waals surface area (Å²) in [6, 6.07) is 12.0. The van der Waals surface area contributed by atoms with E-state index in [-0.39, 0.29) is 36.3 Å². The van der Waals surface area contributed by atoms with Crippen LogP contribution in [0.1, 0.15) is 41.6 Å². The van der Waals surface area contributed by atoms with E-state index in [9.17, 15) is 22.8 Å². The molecule has 3 heterocycles. The van der Waals surface area contributed by atoms with Crippen molar-refractivity contribution in [3.8, 4) is 11.5 Å². The maximum atomic E-state index is 13.7. The first-order chi connectivity index (χ1) is 18.7. The summed E-state index contributed by atoms with van der Waals surface area (Å²) in [5.41, 5.74) is 1.18. The van der Waals surface area contributed by atoms with Crippen molar-refractivity contribution in [2.45, 2.75) is 56.8 Å². The van der Waals surface area contributed by atoms with Crippen LogP contribution in [0.2, 0.25) is 0 Å². The Labute approximate surface area is 225 Å². The van der Waals surface area contributed by atoms with Gasteiger partial charge in [0.1, 0.15) is 17.5 Å². The topological polar surface area (TPSA) is 80.3 Å². The van der Waals surface area contributed by atoms with Gasteiger partial charge in [-0.05, 0) is 49.1 Å². The van der Waals surface area contributed by atoms with Gasteiger partial charge in [-0.15, -0.1) is 13.2 Å². The summed E-state index contributed by atoms with van der Waals surface area (Å²) >= 11 is 0. The Morgan fingerprint density at radius 1 is 0.974 bits per heavy atom. The molecule has 2 saturated heterocycles. The molecule has 2 fully saturated rings. The zero-order valence-electron chi connectivity index (χ0n) is 21.5. The number of halogens is 3. The minimum absolute atomic E-state index is 0.0426. The number of nitrogens with zero attached hydrogens (tertiary/aromatic N) is 2. The summed E-state index contributed by atoms with van der Waals surface area (Å²) in [5, 5.41) is 3.01. The van der Waals surface area contributed by atoms with Gasteiger partial charge in [-0.25, -0.2) is 0 Å². The Kier molecular flexibility index (Phi) is 8.27. The number of ether oxygens (including phenoxy) is 3. The monoisotopic (exact) mass is 547 g/mol. The first-order valence-corrected chi connectivity index (χ1v) is 13.3. The van der Waals surface area contributed by atoms with Gasteiger partial charge in [0.25, 0.3) is 5.91 Å². The van der Waals surface area contributed by atoms with E-state index < -0.39 is 12.4 Å². The molecule has 2 amide bonds. The van der Waals surface area contributed by atoms with E-state index in [1.807, 2.05) is 11.0 Å². The third-order valence-electron chi connectivity index (χ3n) is 7.35. The van der Waals surface area contributed by atoms with E-state index in [4.69, 9.17) is 9.47 Å². The van der Waals surface area contributed by atoms with Crippen LogP contribution in [0.4, 0.5) is 13.2 Å². The number of rotatable bonds is 3. The molecule has 0 unspecified atom stereocenters. The minimum Gasteiger partial charge on any atom is -0.493 e. The molecule has 0 radical (unpaired) electrons. The Morgan fingerprint density at radius 2 is 1.74 bits per heavy atom. The molecule has 11 heteroatoms. The Morgan fingerprint density at radius 3 is 2.54 bits per heavy atom. The smallest absolute Gasteiger partial charge is 0.493 e. The van der Waals surface area contributed by atoms with Crippen LogP contribution in [-0.2, 0) is 16.1 Å². The fourth-order valence-electron chi connectivity index (χ4n) is 5.41. The molecule has 2 aromatic carbocycles. The number of piperazine rings is 1. The molecule has 1 N–H and O–H groups in total. The van der Waals surface area contributed by atoms with Gasteiger partial charge in [0.2, 0.25) is 5.91 Å². The van der Waals surface area contributed by atoms with Gasteiger partial charge >= 0.3 is 6.36 Å². The maximum absolute atomic E-state index is 13.7. The summed E-state index contributed by atoms with van der Waals surface area (Å²) in [5.74, 6) is -0.342. The van der Waals surface area contributed by atoms with Gasteiger partial charge in [0, 0.05) is 39.1 Å². The fourth-order valence-corrected chi connectivity index (χ4v) is 5.41. The lowest BCUT2D eigenvalue weighted by Crippen LogP contribution is -2.61.